The van der Waals surface area contributed by atoms with Crippen LogP contribution in [0.3, 0.4) is 0 Å². The zero-order chi connectivity index (χ0) is 7.14. The Kier molecular flexibility index (Phi) is 1.20. The highest BCUT2D eigenvalue weighted by Crippen LogP contribution is 2.36. The first-order chi connectivity index (χ1) is 4.79. The highest BCUT2D eigenvalue weighted by molar-refractivity contribution is 5.77. The van der Waals surface area contributed by atoms with Gasteiger partial charge in [-0.25, -0.2) is 4.79 Å². The summed E-state index contributed by atoms with van der Waals surface area (Å²) in [5.41, 5.74) is 0. The van der Waals surface area contributed by atoms with Gasteiger partial charge in [-0.1, -0.05) is 0 Å². The van der Waals surface area contributed by atoms with Crippen LogP contribution in [0.5, 0.6) is 0 Å². The maximum atomic E-state index is 10.7. The Morgan fingerprint density at radius 2 is 2.30 bits per heavy atom. The first-order valence-corrected chi connectivity index (χ1v) is 3.67. The minimum Gasteiger partial charge on any atom is -0.460 e. The van der Waals surface area contributed by atoms with Crippen LogP contribution in [0.15, 0.2) is 0 Å². The average Bonchev–Trinajstić information content (AvgIpc) is 2.41. The van der Waals surface area contributed by atoms with Gasteiger partial charge >= 0.3 is 5.97 Å². The van der Waals surface area contributed by atoms with Crippen LogP contribution >= 0.6 is 0 Å². The molecule has 0 amide bonds. The number of carbonyl (C=O) groups is 1. The number of esters is 1. The van der Waals surface area contributed by atoms with Crippen molar-refractivity contribution in [3.8, 4) is 0 Å². The first-order valence-electron chi connectivity index (χ1n) is 3.67. The van der Waals surface area contributed by atoms with Crippen molar-refractivity contribution < 1.29 is 14.6 Å². The Hall–Kier alpha value is -0.570. The lowest BCUT2D eigenvalue weighted by Gasteiger charge is -2.05. The Morgan fingerprint density at radius 3 is 3.00 bits per heavy atom. The topological polar surface area (TPSA) is 46.5 Å². The molecule has 10 heavy (non-hydrogen) atoms. The predicted molar refractivity (Wildman–Crippen MR) is 33.2 cm³/mol. The van der Waals surface area contributed by atoms with E-state index in [0.717, 1.165) is 19.3 Å². The molecule has 56 valence electrons. The monoisotopic (exact) mass is 142 g/mol. The lowest BCUT2D eigenvalue weighted by molar-refractivity contribution is -0.147. The number of hydrogen-bond donors (Lipinski definition) is 1. The van der Waals surface area contributed by atoms with E-state index in [-0.39, 0.29) is 12.0 Å². The largest absolute Gasteiger partial charge is 0.460 e. The van der Waals surface area contributed by atoms with Gasteiger partial charge in [-0.15, -0.1) is 0 Å². The van der Waals surface area contributed by atoms with E-state index in [1.54, 1.807) is 0 Å². The molecule has 0 bridgehead atoms. The third kappa shape index (κ3) is 0.669. The third-order valence-electron chi connectivity index (χ3n) is 2.42. The summed E-state index contributed by atoms with van der Waals surface area (Å²) in [7, 11) is 0. The fourth-order valence-corrected chi connectivity index (χ4v) is 1.86. The SMILES string of the molecule is O=C1OC2CCCC2[C@@H]1O. The second-order valence-electron chi connectivity index (χ2n) is 3.01. The average molecular weight is 142 g/mol. The van der Waals surface area contributed by atoms with Crippen LogP contribution in [0.2, 0.25) is 0 Å². The highest BCUT2D eigenvalue weighted by Gasteiger charge is 2.45. The van der Waals surface area contributed by atoms with E-state index in [0.29, 0.717) is 0 Å². The minimum atomic E-state index is -0.826. The molecule has 1 N–H and O–H groups in total. The standard InChI is InChI=1S/C7H10O3/c8-6-4-2-1-3-5(4)10-7(6)9/h4-6,8H,1-3H2/t4?,5?,6-/m0/s1. The van der Waals surface area contributed by atoms with Gasteiger partial charge in [0, 0.05) is 5.92 Å². The molecule has 3 nitrogen and oxygen atoms in total. The van der Waals surface area contributed by atoms with Crippen LogP contribution in [0.1, 0.15) is 19.3 Å². The van der Waals surface area contributed by atoms with Gasteiger partial charge in [0.15, 0.2) is 6.10 Å². The molecular weight excluding hydrogens is 132 g/mol. The Labute approximate surface area is 59.0 Å². The lowest BCUT2D eigenvalue weighted by Crippen LogP contribution is -2.21. The second-order valence-corrected chi connectivity index (χ2v) is 3.01. The molecule has 0 aromatic heterocycles. The molecule has 1 heterocycles. The van der Waals surface area contributed by atoms with E-state index in [9.17, 15) is 9.90 Å². The number of hydrogen-bond acceptors (Lipinski definition) is 3. The number of aliphatic hydroxyl groups excluding tert-OH is 1. The highest BCUT2D eigenvalue weighted by atomic mass is 16.6. The number of rotatable bonds is 0. The van der Waals surface area contributed by atoms with Gasteiger partial charge in [0.2, 0.25) is 0 Å². The van der Waals surface area contributed by atoms with Crippen LogP contribution in [0, 0.1) is 5.92 Å². The Morgan fingerprint density at radius 1 is 1.50 bits per heavy atom. The van der Waals surface area contributed by atoms with Crippen molar-refractivity contribution in [2.24, 2.45) is 5.92 Å². The van der Waals surface area contributed by atoms with E-state index in [1.807, 2.05) is 0 Å². The fourth-order valence-electron chi connectivity index (χ4n) is 1.86. The number of fused-ring (bicyclic) bond motifs is 1. The molecule has 1 saturated carbocycles. The molecule has 3 heteroatoms. The maximum Gasteiger partial charge on any atom is 0.335 e. The maximum absolute atomic E-state index is 10.7. The summed E-state index contributed by atoms with van der Waals surface area (Å²) >= 11 is 0. The molecule has 2 unspecified atom stereocenters. The van der Waals surface area contributed by atoms with Crippen LogP contribution in [0.4, 0.5) is 0 Å². The summed E-state index contributed by atoms with van der Waals surface area (Å²) in [6, 6.07) is 0. The zero-order valence-electron chi connectivity index (χ0n) is 5.62. The Balaban J connectivity index is 2.16. The van der Waals surface area contributed by atoms with Gasteiger partial charge in [0.05, 0.1) is 0 Å². The van der Waals surface area contributed by atoms with Gasteiger partial charge in [-0.3, -0.25) is 0 Å². The van der Waals surface area contributed by atoms with E-state index in [4.69, 9.17) is 4.74 Å². The van der Waals surface area contributed by atoms with Gasteiger partial charge < -0.3 is 9.84 Å². The molecule has 0 aromatic rings. The summed E-state index contributed by atoms with van der Waals surface area (Å²) in [6.45, 7) is 0. The Bertz CT molecular complexity index is 166. The van der Waals surface area contributed by atoms with Crippen LogP contribution in [-0.4, -0.2) is 23.3 Å². The summed E-state index contributed by atoms with van der Waals surface area (Å²) in [5, 5.41) is 9.19. The van der Waals surface area contributed by atoms with Gasteiger partial charge in [-0.2, -0.15) is 0 Å². The molecule has 2 aliphatic rings. The first kappa shape index (κ1) is 6.16. The number of ether oxygens (including phenoxy) is 1. The van der Waals surface area contributed by atoms with Crippen molar-refractivity contribution in [1.29, 1.82) is 0 Å². The summed E-state index contributed by atoms with van der Waals surface area (Å²) in [5.74, 6) is -0.317. The predicted octanol–water partition coefficient (Wildman–Crippen LogP) is 0.0728. The van der Waals surface area contributed by atoms with Gasteiger partial charge in [0.25, 0.3) is 0 Å². The molecular formula is C7H10O3. The lowest BCUT2D eigenvalue weighted by atomic mass is 10.0. The molecule has 1 saturated heterocycles. The van der Waals surface area contributed by atoms with Crippen molar-refractivity contribution in [3.05, 3.63) is 0 Å². The molecule has 1 aliphatic heterocycles. The molecule has 3 atom stereocenters. The van der Waals surface area contributed by atoms with E-state index in [1.165, 1.54) is 0 Å². The summed E-state index contributed by atoms with van der Waals surface area (Å²) < 4.78 is 4.91. The van der Waals surface area contributed by atoms with Crippen LogP contribution < -0.4 is 0 Å². The van der Waals surface area contributed by atoms with Crippen LogP contribution in [0.25, 0.3) is 0 Å². The van der Waals surface area contributed by atoms with E-state index in [2.05, 4.69) is 0 Å². The normalized spacial score (nSPS) is 45.3. The minimum absolute atomic E-state index is 0.0301. The molecule has 1 aliphatic carbocycles. The van der Waals surface area contributed by atoms with Crippen molar-refractivity contribution in [2.45, 2.75) is 31.5 Å². The van der Waals surface area contributed by atoms with E-state index < -0.39 is 12.1 Å². The van der Waals surface area contributed by atoms with Gasteiger partial charge in [-0.05, 0) is 19.3 Å². The third-order valence-corrected chi connectivity index (χ3v) is 2.42. The summed E-state index contributed by atoms with van der Waals surface area (Å²) in [6.07, 6.45) is 2.17. The molecule has 0 radical (unpaired) electrons. The van der Waals surface area contributed by atoms with Crippen molar-refractivity contribution >= 4 is 5.97 Å². The quantitative estimate of drug-likeness (QED) is 0.487. The van der Waals surface area contributed by atoms with E-state index >= 15 is 0 Å². The molecule has 0 spiro atoms. The smallest absolute Gasteiger partial charge is 0.335 e. The van der Waals surface area contributed by atoms with Gasteiger partial charge in [0.1, 0.15) is 6.10 Å². The van der Waals surface area contributed by atoms with Crippen molar-refractivity contribution in [3.63, 3.8) is 0 Å². The summed E-state index contributed by atoms with van der Waals surface area (Å²) in [4.78, 5) is 10.7. The fraction of sp³-hybridized carbons (Fsp3) is 0.857. The molecule has 2 fully saturated rings. The molecule has 0 aromatic carbocycles. The molecule has 2 rings (SSSR count). The van der Waals surface area contributed by atoms with Crippen molar-refractivity contribution in [1.82, 2.24) is 0 Å². The van der Waals surface area contributed by atoms with Crippen LogP contribution in [-0.2, 0) is 9.53 Å². The second kappa shape index (κ2) is 1.95. The van der Waals surface area contributed by atoms with Crippen molar-refractivity contribution in [2.75, 3.05) is 0 Å². The zero-order valence-corrected chi connectivity index (χ0v) is 5.62. The number of aliphatic hydroxyl groups is 1. The number of carbonyl (C=O) groups excluding carboxylic acids is 1.